The summed E-state index contributed by atoms with van der Waals surface area (Å²) in [6, 6.07) is 8.10. The molecule has 2 aliphatic heterocycles. The Balaban J connectivity index is 1.53. The second-order valence-electron chi connectivity index (χ2n) is 8.89. The molecule has 8 heteroatoms. The number of aromatic nitrogens is 3. The second-order valence-corrected chi connectivity index (χ2v) is 8.89. The van der Waals surface area contributed by atoms with E-state index in [0.717, 1.165) is 50.2 Å². The largest absolute Gasteiger partial charge is 0.444 e. The molecule has 0 aliphatic carbocycles. The number of rotatable bonds is 3. The van der Waals surface area contributed by atoms with Gasteiger partial charge in [-0.05, 0) is 51.7 Å². The summed E-state index contributed by atoms with van der Waals surface area (Å²) in [5.74, 6) is 0.386. The highest BCUT2D eigenvalue weighted by Gasteiger charge is 2.36. The molecule has 1 unspecified atom stereocenters. The van der Waals surface area contributed by atoms with Gasteiger partial charge in [-0.2, -0.15) is 0 Å². The van der Waals surface area contributed by atoms with Crippen LogP contribution in [0.25, 0.3) is 11.0 Å². The van der Waals surface area contributed by atoms with E-state index in [0.29, 0.717) is 19.0 Å². The topological polar surface area (TPSA) is 72.7 Å². The SMILES string of the molecule is CC(C)(C)OC(=O)N1CCC(C(N2CCOCC2)n2nnc3ccccc32)CC1. The van der Waals surface area contributed by atoms with Gasteiger partial charge in [0.25, 0.3) is 0 Å². The summed E-state index contributed by atoms with van der Waals surface area (Å²) in [5, 5.41) is 8.91. The van der Waals surface area contributed by atoms with Gasteiger partial charge in [0.05, 0.1) is 18.7 Å². The standard InChI is InChI=1S/C21H31N5O3/c1-21(2,3)29-20(27)25-10-8-16(9-11-25)19(24-12-14-28-15-13-24)26-18-7-5-4-6-17(18)22-23-26/h4-7,16,19H,8-15H2,1-3H3. The molecule has 158 valence electrons. The van der Waals surface area contributed by atoms with Crippen molar-refractivity contribution in [1.29, 1.82) is 0 Å². The van der Waals surface area contributed by atoms with Gasteiger partial charge in [-0.3, -0.25) is 4.90 Å². The molecule has 0 bridgehead atoms. The molecule has 2 aromatic rings. The number of benzene rings is 1. The Bertz CT molecular complexity index is 832. The van der Waals surface area contributed by atoms with Crippen LogP contribution in [0.5, 0.6) is 0 Å². The Morgan fingerprint density at radius 3 is 2.52 bits per heavy atom. The molecule has 2 aliphatic rings. The van der Waals surface area contributed by atoms with Crippen molar-refractivity contribution in [1.82, 2.24) is 24.8 Å². The summed E-state index contributed by atoms with van der Waals surface area (Å²) in [5.41, 5.74) is 1.50. The number of morpholine rings is 1. The molecule has 0 radical (unpaired) electrons. The lowest BCUT2D eigenvalue weighted by atomic mass is 9.92. The third-order valence-corrected chi connectivity index (χ3v) is 5.66. The predicted molar refractivity (Wildman–Crippen MR) is 109 cm³/mol. The fraction of sp³-hybridized carbons (Fsp3) is 0.667. The minimum Gasteiger partial charge on any atom is -0.444 e. The number of likely N-dealkylation sites (tertiary alicyclic amines) is 1. The molecule has 4 rings (SSSR count). The zero-order valence-corrected chi connectivity index (χ0v) is 17.6. The van der Waals surface area contributed by atoms with E-state index in [1.165, 1.54) is 0 Å². The van der Waals surface area contributed by atoms with Crippen molar-refractivity contribution in [2.75, 3.05) is 39.4 Å². The summed E-state index contributed by atoms with van der Waals surface area (Å²) in [6.45, 7) is 10.3. The van der Waals surface area contributed by atoms with Gasteiger partial charge in [0, 0.05) is 26.2 Å². The first-order valence-electron chi connectivity index (χ1n) is 10.5. The molecule has 2 fully saturated rings. The van der Waals surface area contributed by atoms with E-state index < -0.39 is 5.60 Å². The lowest BCUT2D eigenvalue weighted by Crippen LogP contribution is -2.48. The molecule has 0 spiro atoms. The van der Waals surface area contributed by atoms with Crippen molar-refractivity contribution in [2.45, 2.75) is 45.4 Å². The van der Waals surface area contributed by atoms with Crippen LogP contribution in [0.3, 0.4) is 0 Å². The third-order valence-electron chi connectivity index (χ3n) is 5.66. The molecule has 3 heterocycles. The van der Waals surface area contributed by atoms with Gasteiger partial charge >= 0.3 is 6.09 Å². The first kappa shape index (κ1) is 20.1. The Kier molecular flexibility index (Phi) is 5.74. The molecule has 0 N–H and O–H groups in total. The van der Waals surface area contributed by atoms with Crippen LogP contribution < -0.4 is 0 Å². The normalized spacial score (nSPS) is 20.7. The van der Waals surface area contributed by atoms with Crippen LogP contribution in [0.4, 0.5) is 4.79 Å². The zero-order chi connectivity index (χ0) is 20.4. The molecule has 1 atom stereocenters. The van der Waals surface area contributed by atoms with Crippen molar-refractivity contribution in [2.24, 2.45) is 5.92 Å². The molecule has 0 saturated carbocycles. The number of nitrogens with zero attached hydrogens (tertiary/aromatic N) is 5. The van der Waals surface area contributed by atoms with Crippen molar-refractivity contribution in [3.63, 3.8) is 0 Å². The quantitative estimate of drug-likeness (QED) is 0.787. The van der Waals surface area contributed by atoms with Crippen LogP contribution >= 0.6 is 0 Å². The molecule has 29 heavy (non-hydrogen) atoms. The van der Waals surface area contributed by atoms with E-state index >= 15 is 0 Å². The molecule has 1 aromatic carbocycles. The number of fused-ring (bicyclic) bond motifs is 1. The maximum atomic E-state index is 12.4. The van der Waals surface area contributed by atoms with Gasteiger partial charge in [-0.25, -0.2) is 9.48 Å². The van der Waals surface area contributed by atoms with Gasteiger partial charge < -0.3 is 14.4 Å². The zero-order valence-electron chi connectivity index (χ0n) is 17.6. The number of piperidine rings is 1. The van der Waals surface area contributed by atoms with Crippen molar-refractivity contribution in [3.8, 4) is 0 Å². The van der Waals surface area contributed by atoms with Crippen LogP contribution in [0, 0.1) is 5.92 Å². The fourth-order valence-corrected chi connectivity index (χ4v) is 4.28. The van der Waals surface area contributed by atoms with Crippen LogP contribution in [-0.2, 0) is 9.47 Å². The lowest BCUT2D eigenvalue weighted by molar-refractivity contribution is -0.0374. The van der Waals surface area contributed by atoms with E-state index in [1.807, 2.05) is 43.9 Å². The van der Waals surface area contributed by atoms with Crippen LogP contribution in [0.15, 0.2) is 24.3 Å². The number of para-hydroxylation sites is 1. The van der Waals surface area contributed by atoms with Crippen molar-refractivity contribution < 1.29 is 14.3 Å². The summed E-state index contributed by atoms with van der Waals surface area (Å²) in [6.07, 6.45) is 1.72. The summed E-state index contributed by atoms with van der Waals surface area (Å²) in [7, 11) is 0. The average Bonchev–Trinajstić information content (AvgIpc) is 3.12. The average molecular weight is 402 g/mol. The van der Waals surface area contributed by atoms with E-state index in [2.05, 4.69) is 26.0 Å². The van der Waals surface area contributed by atoms with Crippen molar-refractivity contribution in [3.05, 3.63) is 24.3 Å². The van der Waals surface area contributed by atoms with Crippen molar-refractivity contribution >= 4 is 17.1 Å². The lowest BCUT2D eigenvalue weighted by Gasteiger charge is -2.42. The molecule has 1 amide bonds. The number of hydrogen-bond acceptors (Lipinski definition) is 6. The summed E-state index contributed by atoms with van der Waals surface area (Å²) >= 11 is 0. The highest BCUT2D eigenvalue weighted by molar-refractivity contribution is 5.74. The molecule has 8 nitrogen and oxygen atoms in total. The highest BCUT2D eigenvalue weighted by Crippen LogP contribution is 2.34. The van der Waals surface area contributed by atoms with Gasteiger partial charge in [-0.1, -0.05) is 17.3 Å². The van der Waals surface area contributed by atoms with Crippen LogP contribution in [0.1, 0.15) is 39.8 Å². The Hall–Kier alpha value is -2.19. The van der Waals surface area contributed by atoms with E-state index in [-0.39, 0.29) is 12.3 Å². The van der Waals surface area contributed by atoms with Gasteiger partial charge in [0.15, 0.2) is 0 Å². The fourth-order valence-electron chi connectivity index (χ4n) is 4.28. The predicted octanol–water partition coefficient (Wildman–Crippen LogP) is 2.91. The van der Waals surface area contributed by atoms with Crippen LogP contribution in [-0.4, -0.2) is 75.9 Å². The smallest absolute Gasteiger partial charge is 0.410 e. The Morgan fingerprint density at radius 1 is 1.14 bits per heavy atom. The molecule has 1 aromatic heterocycles. The number of carbonyl (C=O) groups excluding carboxylic acids is 1. The minimum atomic E-state index is -0.468. The van der Waals surface area contributed by atoms with E-state index in [9.17, 15) is 4.79 Å². The minimum absolute atomic E-state index is 0.118. The summed E-state index contributed by atoms with van der Waals surface area (Å²) < 4.78 is 13.2. The number of hydrogen-bond donors (Lipinski definition) is 0. The Morgan fingerprint density at radius 2 is 1.83 bits per heavy atom. The van der Waals surface area contributed by atoms with E-state index in [4.69, 9.17) is 9.47 Å². The number of amides is 1. The summed E-state index contributed by atoms with van der Waals surface area (Å²) in [4.78, 5) is 16.7. The molecule has 2 saturated heterocycles. The second kappa shape index (κ2) is 8.28. The van der Waals surface area contributed by atoms with Gasteiger partial charge in [0.2, 0.25) is 0 Å². The molecular weight excluding hydrogens is 370 g/mol. The third kappa shape index (κ3) is 4.53. The highest BCUT2D eigenvalue weighted by atomic mass is 16.6. The monoisotopic (exact) mass is 401 g/mol. The van der Waals surface area contributed by atoms with Gasteiger partial charge in [0.1, 0.15) is 17.3 Å². The molecular formula is C21H31N5O3. The Labute approximate surface area is 171 Å². The maximum absolute atomic E-state index is 12.4. The first-order chi connectivity index (χ1) is 13.9. The number of carbonyl (C=O) groups is 1. The maximum Gasteiger partial charge on any atom is 0.410 e. The van der Waals surface area contributed by atoms with E-state index in [1.54, 1.807) is 0 Å². The first-order valence-corrected chi connectivity index (χ1v) is 10.5. The van der Waals surface area contributed by atoms with Crippen LogP contribution in [0.2, 0.25) is 0 Å². The van der Waals surface area contributed by atoms with Gasteiger partial charge in [-0.15, -0.1) is 5.10 Å². The number of ether oxygens (including phenoxy) is 2.